The van der Waals surface area contributed by atoms with Gasteiger partial charge in [-0.25, -0.2) is 9.79 Å². The van der Waals surface area contributed by atoms with Crippen LogP contribution >= 0.6 is 0 Å². The van der Waals surface area contributed by atoms with E-state index in [-0.39, 0.29) is 24.2 Å². The van der Waals surface area contributed by atoms with Crippen LogP contribution in [-0.2, 0) is 17.7 Å². The van der Waals surface area contributed by atoms with E-state index in [9.17, 15) is 18.0 Å². The summed E-state index contributed by atoms with van der Waals surface area (Å²) < 4.78 is 44.8. The third kappa shape index (κ3) is 7.18. The lowest BCUT2D eigenvalue weighted by Crippen LogP contribution is -2.33. The Bertz CT molecular complexity index is 804. The lowest BCUT2D eigenvalue weighted by Gasteiger charge is -2.09. The van der Waals surface area contributed by atoms with Gasteiger partial charge in [0.15, 0.2) is 5.96 Å². The van der Waals surface area contributed by atoms with Gasteiger partial charge in [0.25, 0.3) is 0 Å². The van der Waals surface area contributed by atoms with Crippen molar-refractivity contribution in [3.05, 3.63) is 65.2 Å². The second kappa shape index (κ2) is 9.63. The molecule has 2 rings (SSSR count). The third-order valence-corrected chi connectivity index (χ3v) is 3.68. The summed E-state index contributed by atoms with van der Waals surface area (Å²) >= 11 is 0. The number of methoxy groups -OCH3 is 1. The van der Waals surface area contributed by atoms with Crippen LogP contribution in [0.2, 0.25) is 0 Å². The fourth-order valence-corrected chi connectivity index (χ4v) is 2.29. The second-order valence-corrected chi connectivity index (χ2v) is 5.76. The normalized spacial score (nSPS) is 11.8. The molecular weight excluding hydrogens is 375 g/mol. The van der Waals surface area contributed by atoms with E-state index in [0.717, 1.165) is 5.56 Å². The van der Waals surface area contributed by atoms with Gasteiger partial charge in [0.2, 0.25) is 0 Å². The molecule has 0 heterocycles. The van der Waals surface area contributed by atoms with Gasteiger partial charge in [0.05, 0.1) is 19.2 Å². The van der Waals surface area contributed by atoms with Crippen molar-refractivity contribution < 1.29 is 27.4 Å². The standard InChI is InChI=1S/C19H20F3N3O3/c1-27-17(26)15-6-2-13(3-7-15)10-11-24-18(23)25-12-14-4-8-16(9-5-14)28-19(20,21)22/h2-9H,10-12H2,1H3,(H3,23,24,25). The molecule has 2 aromatic rings. The van der Waals surface area contributed by atoms with Crippen molar-refractivity contribution in [1.29, 1.82) is 0 Å². The predicted octanol–water partition coefficient (Wildman–Crippen LogP) is 3.02. The molecule has 0 atom stereocenters. The maximum atomic E-state index is 12.1. The van der Waals surface area contributed by atoms with E-state index < -0.39 is 6.36 Å². The Balaban J connectivity index is 1.77. The van der Waals surface area contributed by atoms with Crippen LogP contribution in [0.15, 0.2) is 53.5 Å². The first-order valence-corrected chi connectivity index (χ1v) is 8.32. The summed E-state index contributed by atoms with van der Waals surface area (Å²) in [6.45, 7) is 0.754. The molecule has 0 aliphatic rings. The van der Waals surface area contributed by atoms with Gasteiger partial charge in [-0.1, -0.05) is 24.3 Å². The number of esters is 1. The van der Waals surface area contributed by atoms with Gasteiger partial charge in [0, 0.05) is 6.54 Å². The summed E-state index contributed by atoms with van der Waals surface area (Å²) in [5.41, 5.74) is 7.96. The summed E-state index contributed by atoms with van der Waals surface area (Å²) in [5.74, 6) is -0.453. The molecule has 0 spiro atoms. The number of carbonyl (C=O) groups is 1. The average Bonchev–Trinajstić information content (AvgIpc) is 2.66. The van der Waals surface area contributed by atoms with Crippen LogP contribution in [0.4, 0.5) is 13.2 Å². The zero-order valence-electron chi connectivity index (χ0n) is 15.1. The fourth-order valence-electron chi connectivity index (χ4n) is 2.29. The van der Waals surface area contributed by atoms with E-state index in [1.54, 1.807) is 12.1 Å². The number of nitrogens with one attached hydrogen (secondary N) is 1. The van der Waals surface area contributed by atoms with Gasteiger partial charge in [-0.3, -0.25) is 0 Å². The summed E-state index contributed by atoms with van der Waals surface area (Å²) in [4.78, 5) is 15.5. The quantitative estimate of drug-likeness (QED) is 0.428. The molecule has 0 radical (unpaired) electrons. The van der Waals surface area contributed by atoms with Crippen molar-refractivity contribution in [3.63, 3.8) is 0 Å². The van der Waals surface area contributed by atoms with E-state index in [1.165, 1.54) is 31.4 Å². The number of hydrogen-bond donors (Lipinski definition) is 2. The van der Waals surface area contributed by atoms with Crippen molar-refractivity contribution in [2.75, 3.05) is 13.7 Å². The molecule has 150 valence electrons. The molecule has 0 aliphatic heterocycles. The molecule has 0 saturated heterocycles. The number of guanidine groups is 1. The SMILES string of the molecule is COC(=O)c1ccc(CCNC(N)=NCc2ccc(OC(F)(F)F)cc2)cc1. The fraction of sp³-hybridized carbons (Fsp3) is 0.263. The first-order valence-electron chi connectivity index (χ1n) is 8.32. The van der Waals surface area contributed by atoms with E-state index >= 15 is 0 Å². The van der Waals surface area contributed by atoms with Crippen molar-refractivity contribution in [2.24, 2.45) is 10.7 Å². The Morgan fingerprint density at radius 3 is 2.25 bits per heavy atom. The van der Waals surface area contributed by atoms with Crippen LogP contribution in [-0.4, -0.2) is 31.9 Å². The molecule has 2 aromatic carbocycles. The summed E-state index contributed by atoms with van der Waals surface area (Å²) in [6, 6.07) is 12.4. The number of halogens is 3. The topological polar surface area (TPSA) is 85.9 Å². The minimum absolute atomic E-state index is 0.221. The van der Waals surface area contributed by atoms with Crippen molar-refractivity contribution in [3.8, 4) is 5.75 Å². The highest BCUT2D eigenvalue weighted by Gasteiger charge is 2.30. The summed E-state index contributed by atoms with van der Waals surface area (Å²) in [6.07, 6.45) is -4.05. The number of rotatable bonds is 7. The second-order valence-electron chi connectivity index (χ2n) is 5.76. The van der Waals surface area contributed by atoms with Gasteiger partial charge < -0.3 is 20.5 Å². The molecule has 0 aromatic heterocycles. The molecule has 6 nitrogen and oxygen atoms in total. The number of nitrogens with zero attached hydrogens (tertiary/aromatic N) is 1. The average molecular weight is 395 g/mol. The summed E-state index contributed by atoms with van der Waals surface area (Å²) in [7, 11) is 1.33. The van der Waals surface area contributed by atoms with E-state index in [1.807, 2.05) is 12.1 Å². The first-order chi connectivity index (χ1) is 13.3. The minimum Gasteiger partial charge on any atom is -0.465 e. The molecule has 0 amide bonds. The highest BCUT2D eigenvalue weighted by atomic mass is 19.4. The van der Waals surface area contributed by atoms with Gasteiger partial charge in [-0.2, -0.15) is 0 Å². The van der Waals surface area contributed by atoms with Crippen LogP contribution in [0.25, 0.3) is 0 Å². The molecule has 9 heteroatoms. The largest absolute Gasteiger partial charge is 0.573 e. The number of carbonyl (C=O) groups excluding carboxylic acids is 1. The van der Waals surface area contributed by atoms with E-state index in [2.05, 4.69) is 19.8 Å². The molecular formula is C19H20F3N3O3. The molecule has 0 bridgehead atoms. The van der Waals surface area contributed by atoms with Crippen molar-refractivity contribution in [2.45, 2.75) is 19.3 Å². The number of aliphatic imine (C=N–C) groups is 1. The first kappa shape index (κ1) is 21.1. The lowest BCUT2D eigenvalue weighted by atomic mass is 10.1. The Kier molecular flexibility index (Phi) is 7.25. The zero-order chi connectivity index (χ0) is 20.6. The predicted molar refractivity (Wildman–Crippen MR) is 97.9 cm³/mol. The number of benzene rings is 2. The Labute approximate surface area is 160 Å². The van der Waals surface area contributed by atoms with Gasteiger partial charge >= 0.3 is 12.3 Å². The molecule has 28 heavy (non-hydrogen) atoms. The lowest BCUT2D eigenvalue weighted by molar-refractivity contribution is -0.274. The smallest absolute Gasteiger partial charge is 0.465 e. The molecule has 3 N–H and O–H groups in total. The van der Waals surface area contributed by atoms with Crippen LogP contribution in [0.3, 0.4) is 0 Å². The Morgan fingerprint density at radius 1 is 1.07 bits per heavy atom. The third-order valence-electron chi connectivity index (χ3n) is 3.68. The van der Waals surface area contributed by atoms with Gasteiger partial charge in [-0.15, -0.1) is 13.2 Å². The number of alkyl halides is 3. The molecule has 0 aliphatic carbocycles. The summed E-state index contributed by atoms with van der Waals surface area (Å²) in [5, 5.41) is 2.96. The van der Waals surface area contributed by atoms with Crippen molar-refractivity contribution in [1.82, 2.24) is 5.32 Å². The molecule has 0 unspecified atom stereocenters. The molecule has 0 fully saturated rings. The van der Waals surface area contributed by atoms with Crippen LogP contribution in [0.1, 0.15) is 21.5 Å². The monoisotopic (exact) mass is 395 g/mol. The van der Waals surface area contributed by atoms with Gasteiger partial charge in [-0.05, 0) is 41.8 Å². The molecule has 0 saturated carbocycles. The maximum Gasteiger partial charge on any atom is 0.573 e. The number of hydrogen-bond acceptors (Lipinski definition) is 4. The number of nitrogens with two attached hydrogens (primary N) is 1. The van der Waals surface area contributed by atoms with Crippen LogP contribution < -0.4 is 15.8 Å². The highest BCUT2D eigenvalue weighted by Crippen LogP contribution is 2.22. The van der Waals surface area contributed by atoms with Crippen LogP contribution in [0.5, 0.6) is 5.75 Å². The van der Waals surface area contributed by atoms with E-state index in [4.69, 9.17) is 5.73 Å². The Hall–Kier alpha value is -3.23. The Morgan fingerprint density at radius 2 is 1.68 bits per heavy atom. The van der Waals surface area contributed by atoms with E-state index in [0.29, 0.717) is 24.1 Å². The maximum absolute atomic E-state index is 12.1. The highest BCUT2D eigenvalue weighted by molar-refractivity contribution is 5.89. The van der Waals surface area contributed by atoms with Crippen LogP contribution in [0, 0.1) is 0 Å². The number of ether oxygens (including phenoxy) is 2. The zero-order valence-corrected chi connectivity index (χ0v) is 15.1. The van der Waals surface area contributed by atoms with Crippen molar-refractivity contribution >= 4 is 11.9 Å². The minimum atomic E-state index is -4.71. The van der Waals surface area contributed by atoms with Gasteiger partial charge in [0.1, 0.15) is 5.75 Å².